The van der Waals surface area contributed by atoms with E-state index in [1.165, 1.54) is 6.08 Å². The maximum atomic E-state index is 10.6. The van der Waals surface area contributed by atoms with Crippen LogP contribution in [0.3, 0.4) is 0 Å². The Morgan fingerprint density at radius 3 is 2.44 bits per heavy atom. The van der Waals surface area contributed by atoms with Crippen LogP contribution in [-0.2, 0) is 9.59 Å². The van der Waals surface area contributed by atoms with Crippen molar-refractivity contribution >= 4 is 18.0 Å². The zero-order valence-electron chi connectivity index (χ0n) is 9.29. The molecule has 6 heteroatoms. The van der Waals surface area contributed by atoms with Gasteiger partial charge in [0.1, 0.15) is 17.4 Å². The molecule has 1 aromatic rings. The van der Waals surface area contributed by atoms with E-state index in [2.05, 4.69) is 0 Å². The minimum Gasteiger partial charge on any atom is -0.484 e. The number of rotatable bonds is 5. The maximum Gasteiger partial charge on any atom is 0.346 e. The SMILES string of the molecule is N#C/C(=C\c1ccc(OCC(N)=O)cc1)C(=O)O. The lowest BCUT2D eigenvalue weighted by molar-refractivity contribution is -0.132. The average Bonchev–Trinajstić information content (AvgIpc) is 2.34. The highest BCUT2D eigenvalue weighted by Gasteiger charge is 2.05. The average molecular weight is 246 g/mol. The van der Waals surface area contributed by atoms with Gasteiger partial charge in [-0.2, -0.15) is 5.26 Å². The van der Waals surface area contributed by atoms with E-state index in [4.69, 9.17) is 20.8 Å². The van der Waals surface area contributed by atoms with Gasteiger partial charge in [-0.15, -0.1) is 0 Å². The van der Waals surface area contributed by atoms with Crippen molar-refractivity contribution in [3.05, 3.63) is 35.4 Å². The molecule has 0 aliphatic heterocycles. The van der Waals surface area contributed by atoms with Crippen molar-refractivity contribution in [2.45, 2.75) is 0 Å². The van der Waals surface area contributed by atoms with E-state index in [0.29, 0.717) is 11.3 Å². The summed E-state index contributed by atoms with van der Waals surface area (Å²) >= 11 is 0. The molecule has 0 aromatic heterocycles. The molecule has 0 aliphatic rings. The standard InChI is InChI=1S/C12H10N2O4/c13-6-9(12(16)17)5-8-1-3-10(4-2-8)18-7-11(14)15/h1-5H,7H2,(H2,14,15)(H,16,17)/b9-5+. The van der Waals surface area contributed by atoms with Gasteiger partial charge in [0, 0.05) is 0 Å². The Labute approximate surface area is 103 Å². The van der Waals surface area contributed by atoms with Crippen molar-refractivity contribution in [1.82, 2.24) is 0 Å². The smallest absolute Gasteiger partial charge is 0.346 e. The van der Waals surface area contributed by atoms with Crippen LogP contribution in [0.2, 0.25) is 0 Å². The Morgan fingerprint density at radius 1 is 1.39 bits per heavy atom. The quantitative estimate of drug-likeness (QED) is 0.581. The summed E-state index contributed by atoms with van der Waals surface area (Å²) in [5.41, 5.74) is 5.09. The fraction of sp³-hybridized carbons (Fsp3) is 0.0833. The molecule has 0 radical (unpaired) electrons. The molecule has 0 aliphatic carbocycles. The summed E-state index contributed by atoms with van der Waals surface area (Å²) in [4.78, 5) is 21.1. The molecule has 1 rings (SSSR count). The van der Waals surface area contributed by atoms with Gasteiger partial charge in [0.2, 0.25) is 0 Å². The van der Waals surface area contributed by atoms with E-state index in [1.807, 2.05) is 0 Å². The summed E-state index contributed by atoms with van der Waals surface area (Å²) < 4.78 is 5.02. The van der Waals surface area contributed by atoms with Gasteiger partial charge in [0.15, 0.2) is 6.61 Å². The van der Waals surface area contributed by atoms with Crippen molar-refractivity contribution in [3.63, 3.8) is 0 Å². The van der Waals surface area contributed by atoms with Crippen LogP contribution in [0.4, 0.5) is 0 Å². The number of hydrogen-bond acceptors (Lipinski definition) is 4. The second-order valence-electron chi connectivity index (χ2n) is 3.30. The first-order valence-electron chi connectivity index (χ1n) is 4.89. The molecular formula is C12H10N2O4. The van der Waals surface area contributed by atoms with E-state index in [-0.39, 0.29) is 12.2 Å². The zero-order chi connectivity index (χ0) is 13.5. The van der Waals surface area contributed by atoms with Gasteiger partial charge in [-0.3, -0.25) is 4.79 Å². The second-order valence-corrected chi connectivity index (χ2v) is 3.30. The van der Waals surface area contributed by atoms with Gasteiger partial charge >= 0.3 is 5.97 Å². The predicted octanol–water partition coefficient (Wildman–Crippen LogP) is 0.542. The molecule has 18 heavy (non-hydrogen) atoms. The van der Waals surface area contributed by atoms with Gasteiger partial charge in [0.25, 0.3) is 5.91 Å². The Hall–Kier alpha value is -2.81. The molecule has 1 amide bonds. The number of ether oxygens (including phenoxy) is 1. The van der Waals surface area contributed by atoms with E-state index >= 15 is 0 Å². The van der Waals surface area contributed by atoms with Crippen molar-refractivity contribution < 1.29 is 19.4 Å². The van der Waals surface area contributed by atoms with E-state index in [1.54, 1.807) is 30.3 Å². The Kier molecular flexibility index (Phi) is 4.46. The molecular weight excluding hydrogens is 236 g/mol. The number of carbonyl (C=O) groups excluding carboxylic acids is 1. The molecule has 0 bridgehead atoms. The Morgan fingerprint density at radius 2 is 2.00 bits per heavy atom. The van der Waals surface area contributed by atoms with Crippen molar-refractivity contribution in [2.75, 3.05) is 6.61 Å². The molecule has 0 spiro atoms. The summed E-state index contributed by atoms with van der Waals surface area (Å²) in [5, 5.41) is 17.3. The minimum absolute atomic E-state index is 0.228. The van der Waals surface area contributed by atoms with Crippen molar-refractivity contribution in [1.29, 1.82) is 5.26 Å². The van der Waals surface area contributed by atoms with Crippen LogP contribution in [-0.4, -0.2) is 23.6 Å². The largest absolute Gasteiger partial charge is 0.484 e. The number of carboxylic acids is 1. The van der Waals surface area contributed by atoms with Crippen LogP contribution in [0, 0.1) is 11.3 Å². The molecule has 6 nitrogen and oxygen atoms in total. The van der Waals surface area contributed by atoms with Gasteiger partial charge in [-0.25, -0.2) is 4.79 Å². The number of benzene rings is 1. The summed E-state index contributed by atoms with van der Waals surface area (Å²) in [6.45, 7) is -0.228. The van der Waals surface area contributed by atoms with Crippen LogP contribution >= 0.6 is 0 Å². The second kappa shape index (κ2) is 6.06. The molecule has 0 fully saturated rings. The molecule has 3 N–H and O–H groups in total. The Balaban J connectivity index is 2.80. The third-order valence-corrected chi connectivity index (χ3v) is 1.92. The highest BCUT2D eigenvalue weighted by atomic mass is 16.5. The monoisotopic (exact) mass is 246 g/mol. The number of nitrogens with two attached hydrogens (primary N) is 1. The first-order valence-corrected chi connectivity index (χ1v) is 4.89. The van der Waals surface area contributed by atoms with Crippen molar-refractivity contribution in [2.24, 2.45) is 5.73 Å². The normalized spacial score (nSPS) is 10.5. The van der Waals surface area contributed by atoms with Crippen LogP contribution in [0.15, 0.2) is 29.8 Å². The lowest BCUT2D eigenvalue weighted by Gasteiger charge is -2.03. The first kappa shape index (κ1) is 13.3. The molecule has 0 unspecified atom stereocenters. The van der Waals surface area contributed by atoms with Gasteiger partial charge in [-0.05, 0) is 23.8 Å². The summed E-state index contributed by atoms with van der Waals surface area (Å²) in [5.74, 6) is -1.44. The number of amides is 1. The van der Waals surface area contributed by atoms with Crippen molar-refractivity contribution in [3.8, 4) is 11.8 Å². The topological polar surface area (TPSA) is 113 Å². The molecule has 0 saturated carbocycles. The van der Waals surface area contributed by atoms with Crippen LogP contribution < -0.4 is 10.5 Å². The molecule has 92 valence electrons. The zero-order valence-corrected chi connectivity index (χ0v) is 9.29. The van der Waals surface area contributed by atoms with Gasteiger partial charge < -0.3 is 15.6 Å². The van der Waals surface area contributed by atoms with Gasteiger partial charge in [0.05, 0.1) is 0 Å². The fourth-order valence-corrected chi connectivity index (χ4v) is 1.12. The number of carbonyl (C=O) groups is 2. The third kappa shape index (κ3) is 3.98. The molecule has 1 aromatic carbocycles. The number of aliphatic carboxylic acids is 1. The molecule has 0 atom stereocenters. The Bertz CT molecular complexity index is 526. The maximum absolute atomic E-state index is 10.6. The predicted molar refractivity (Wildman–Crippen MR) is 62.4 cm³/mol. The van der Waals surface area contributed by atoms with E-state index in [0.717, 1.165) is 0 Å². The lowest BCUT2D eigenvalue weighted by atomic mass is 10.1. The third-order valence-electron chi connectivity index (χ3n) is 1.92. The van der Waals surface area contributed by atoms with E-state index < -0.39 is 11.9 Å². The number of nitrogens with zero attached hydrogens (tertiary/aromatic N) is 1. The van der Waals surface area contributed by atoms with E-state index in [9.17, 15) is 9.59 Å². The van der Waals surface area contributed by atoms with Crippen LogP contribution in [0.5, 0.6) is 5.75 Å². The number of primary amides is 1. The molecule has 0 heterocycles. The summed E-state index contributed by atoms with van der Waals surface area (Å²) in [7, 11) is 0. The van der Waals surface area contributed by atoms with Crippen LogP contribution in [0.25, 0.3) is 6.08 Å². The summed E-state index contributed by atoms with van der Waals surface area (Å²) in [6.07, 6.45) is 1.24. The summed E-state index contributed by atoms with van der Waals surface area (Å²) in [6, 6.07) is 7.80. The fourth-order valence-electron chi connectivity index (χ4n) is 1.12. The highest BCUT2D eigenvalue weighted by Crippen LogP contribution is 2.14. The number of hydrogen-bond donors (Lipinski definition) is 2. The van der Waals surface area contributed by atoms with Gasteiger partial charge in [-0.1, -0.05) is 12.1 Å². The number of carboxylic acid groups (broad SMARTS) is 1. The molecule has 0 saturated heterocycles. The highest BCUT2D eigenvalue weighted by molar-refractivity contribution is 5.96. The number of nitriles is 1. The van der Waals surface area contributed by atoms with Crippen LogP contribution in [0.1, 0.15) is 5.56 Å². The minimum atomic E-state index is -1.29. The first-order chi connectivity index (χ1) is 8.52. The lowest BCUT2D eigenvalue weighted by Crippen LogP contribution is -2.19.